The smallest absolute Gasteiger partial charge is 0.244 e. The Morgan fingerprint density at radius 2 is 1.63 bits per heavy atom. The number of hydrogen-bond donors (Lipinski definition) is 1. The molecule has 10 heteroatoms. The molecule has 1 N–H and O–H groups in total. The Kier molecular flexibility index (Phi) is 10.9. The standard InChI is InChI=1S/C31H35BrClN3O4S/c1-41(39,40)36(28-14-8-11-26(33)20-28)22-30(37)35(21-24-15-17-25(32)18-16-24)29(19-23-9-4-2-5-10-23)31(38)34-27-12-6-3-7-13-27/h2,4-5,8-11,14-18,20,27,29H,3,6-7,12-13,19,21-22H2,1H3,(H,34,38)/t29-/m0/s1. The third-order valence-corrected chi connectivity index (χ3v) is 9.17. The van der Waals surface area contributed by atoms with Crippen molar-refractivity contribution in [1.82, 2.24) is 10.2 Å². The molecule has 1 aliphatic rings. The topological polar surface area (TPSA) is 86.8 Å². The number of hydrogen-bond acceptors (Lipinski definition) is 4. The molecule has 7 nitrogen and oxygen atoms in total. The summed E-state index contributed by atoms with van der Waals surface area (Å²) in [5.41, 5.74) is 2.00. The van der Waals surface area contributed by atoms with Gasteiger partial charge < -0.3 is 10.2 Å². The zero-order valence-corrected chi connectivity index (χ0v) is 26.2. The van der Waals surface area contributed by atoms with E-state index in [1.165, 1.54) is 11.0 Å². The molecule has 1 saturated carbocycles. The van der Waals surface area contributed by atoms with E-state index in [1.807, 2.05) is 54.6 Å². The molecule has 3 aromatic rings. The van der Waals surface area contributed by atoms with Crippen LogP contribution in [0.4, 0.5) is 5.69 Å². The van der Waals surface area contributed by atoms with Crippen molar-refractivity contribution in [3.8, 4) is 0 Å². The number of carbonyl (C=O) groups is 2. The number of carbonyl (C=O) groups excluding carboxylic acids is 2. The second-order valence-corrected chi connectivity index (χ2v) is 13.7. The number of nitrogens with zero attached hydrogens (tertiary/aromatic N) is 2. The molecule has 4 rings (SSSR count). The molecule has 1 aliphatic carbocycles. The Hall–Kier alpha value is -2.88. The Bertz CT molecular complexity index is 1430. The summed E-state index contributed by atoms with van der Waals surface area (Å²) in [6, 6.07) is 22.7. The molecule has 0 spiro atoms. The number of nitrogens with one attached hydrogen (secondary N) is 1. The monoisotopic (exact) mass is 659 g/mol. The Morgan fingerprint density at radius 3 is 2.27 bits per heavy atom. The van der Waals surface area contributed by atoms with E-state index in [0.29, 0.717) is 5.02 Å². The van der Waals surface area contributed by atoms with Crippen LogP contribution in [0.25, 0.3) is 0 Å². The molecule has 0 heterocycles. The van der Waals surface area contributed by atoms with Crippen molar-refractivity contribution in [3.63, 3.8) is 0 Å². The van der Waals surface area contributed by atoms with E-state index in [2.05, 4.69) is 21.2 Å². The van der Waals surface area contributed by atoms with Gasteiger partial charge in [0.15, 0.2) is 0 Å². The van der Waals surface area contributed by atoms with Gasteiger partial charge in [-0.1, -0.05) is 95.3 Å². The number of halogens is 2. The van der Waals surface area contributed by atoms with Gasteiger partial charge in [-0.2, -0.15) is 0 Å². The maximum absolute atomic E-state index is 14.2. The minimum atomic E-state index is -3.85. The van der Waals surface area contributed by atoms with Crippen molar-refractivity contribution in [3.05, 3.63) is 99.5 Å². The van der Waals surface area contributed by atoms with Crippen LogP contribution in [-0.2, 0) is 32.6 Å². The van der Waals surface area contributed by atoms with E-state index >= 15 is 0 Å². The zero-order chi connectivity index (χ0) is 29.4. The van der Waals surface area contributed by atoms with E-state index in [0.717, 1.165) is 58.3 Å². The van der Waals surface area contributed by atoms with Crippen LogP contribution in [0.15, 0.2) is 83.3 Å². The lowest BCUT2D eigenvalue weighted by molar-refractivity contribution is -0.140. The van der Waals surface area contributed by atoms with Crippen molar-refractivity contribution < 1.29 is 18.0 Å². The third-order valence-electron chi connectivity index (χ3n) is 7.26. The van der Waals surface area contributed by atoms with Crippen LogP contribution in [0, 0.1) is 0 Å². The fourth-order valence-electron chi connectivity index (χ4n) is 5.13. The average Bonchev–Trinajstić information content (AvgIpc) is 2.95. The summed E-state index contributed by atoms with van der Waals surface area (Å²) >= 11 is 9.61. The van der Waals surface area contributed by atoms with Gasteiger partial charge in [0.2, 0.25) is 21.8 Å². The van der Waals surface area contributed by atoms with Crippen LogP contribution in [0.5, 0.6) is 0 Å². The van der Waals surface area contributed by atoms with Gasteiger partial charge in [-0.05, 0) is 54.3 Å². The number of benzene rings is 3. The summed E-state index contributed by atoms with van der Waals surface area (Å²) in [4.78, 5) is 29.6. The summed E-state index contributed by atoms with van der Waals surface area (Å²) in [5, 5.41) is 3.55. The first-order valence-electron chi connectivity index (χ1n) is 13.7. The summed E-state index contributed by atoms with van der Waals surface area (Å²) in [5.74, 6) is -0.724. The van der Waals surface area contributed by atoms with E-state index in [9.17, 15) is 18.0 Å². The number of sulfonamides is 1. The normalized spacial score (nSPS) is 14.7. The predicted molar refractivity (Wildman–Crippen MR) is 167 cm³/mol. The van der Waals surface area contributed by atoms with Crippen LogP contribution in [0.2, 0.25) is 5.02 Å². The minimum absolute atomic E-state index is 0.0538. The molecule has 0 bridgehead atoms. The minimum Gasteiger partial charge on any atom is -0.352 e. The Morgan fingerprint density at radius 1 is 0.951 bits per heavy atom. The fourth-order valence-corrected chi connectivity index (χ4v) is 6.42. The zero-order valence-electron chi connectivity index (χ0n) is 23.0. The number of rotatable bonds is 11. The SMILES string of the molecule is CS(=O)(=O)N(CC(=O)N(Cc1ccc(Br)cc1)[C@@H](Cc1ccccc1)C(=O)NC1CCCCC1)c1cccc(Cl)c1. The quantitative estimate of drug-likeness (QED) is 0.275. The fraction of sp³-hybridized carbons (Fsp3) is 0.355. The van der Waals surface area contributed by atoms with Crippen LogP contribution in [-0.4, -0.2) is 50.0 Å². The molecular formula is C31H35BrClN3O4S. The lowest BCUT2D eigenvalue weighted by Crippen LogP contribution is -2.55. The van der Waals surface area contributed by atoms with E-state index < -0.39 is 28.5 Å². The summed E-state index contributed by atoms with van der Waals surface area (Å²) < 4.78 is 27.7. The van der Waals surface area contributed by atoms with Gasteiger partial charge in [0, 0.05) is 28.5 Å². The van der Waals surface area contributed by atoms with Crippen LogP contribution >= 0.6 is 27.5 Å². The van der Waals surface area contributed by atoms with Crippen molar-refractivity contribution in [2.45, 2.75) is 57.2 Å². The first kappa shape index (κ1) is 31.1. The lowest BCUT2D eigenvalue weighted by atomic mass is 9.94. The molecular weight excluding hydrogens is 626 g/mol. The van der Waals surface area contributed by atoms with Crippen molar-refractivity contribution >= 4 is 55.1 Å². The third kappa shape index (κ3) is 9.05. The highest BCUT2D eigenvalue weighted by Gasteiger charge is 2.34. The van der Waals surface area contributed by atoms with Gasteiger partial charge in [0.1, 0.15) is 12.6 Å². The van der Waals surface area contributed by atoms with Crippen molar-refractivity contribution in [1.29, 1.82) is 0 Å². The van der Waals surface area contributed by atoms with Crippen molar-refractivity contribution in [2.24, 2.45) is 0 Å². The van der Waals surface area contributed by atoms with Gasteiger partial charge in [-0.3, -0.25) is 13.9 Å². The summed E-state index contributed by atoms with van der Waals surface area (Å²) in [6.45, 7) is -0.341. The average molecular weight is 661 g/mol. The Balaban J connectivity index is 1.71. The molecule has 0 radical (unpaired) electrons. The molecule has 218 valence electrons. The highest BCUT2D eigenvalue weighted by atomic mass is 79.9. The first-order valence-corrected chi connectivity index (χ1v) is 16.7. The molecule has 41 heavy (non-hydrogen) atoms. The molecule has 0 aromatic heterocycles. The summed E-state index contributed by atoms with van der Waals surface area (Å²) in [6.07, 6.45) is 6.41. The molecule has 3 aromatic carbocycles. The Labute approximate surface area is 256 Å². The molecule has 2 amide bonds. The van der Waals surface area contributed by atoms with E-state index in [-0.39, 0.29) is 30.6 Å². The van der Waals surface area contributed by atoms with Crippen LogP contribution < -0.4 is 9.62 Å². The maximum Gasteiger partial charge on any atom is 0.244 e. The van der Waals surface area contributed by atoms with Gasteiger partial charge in [0.05, 0.1) is 11.9 Å². The van der Waals surface area contributed by atoms with Gasteiger partial charge in [-0.15, -0.1) is 0 Å². The highest BCUT2D eigenvalue weighted by molar-refractivity contribution is 9.10. The highest BCUT2D eigenvalue weighted by Crippen LogP contribution is 2.24. The van der Waals surface area contributed by atoms with Gasteiger partial charge >= 0.3 is 0 Å². The largest absolute Gasteiger partial charge is 0.352 e. The van der Waals surface area contributed by atoms with E-state index in [4.69, 9.17) is 11.6 Å². The first-order chi connectivity index (χ1) is 19.6. The summed E-state index contributed by atoms with van der Waals surface area (Å²) in [7, 11) is -3.85. The molecule has 0 saturated heterocycles. The van der Waals surface area contributed by atoms with Crippen LogP contribution in [0.3, 0.4) is 0 Å². The van der Waals surface area contributed by atoms with Gasteiger partial charge in [-0.25, -0.2) is 8.42 Å². The molecule has 1 fully saturated rings. The number of amides is 2. The molecule has 1 atom stereocenters. The van der Waals surface area contributed by atoms with Crippen molar-refractivity contribution in [2.75, 3.05) is 17.1 Å². The second kappa shape index (κ2) is 14.3. The lowest BCUT2D eigenvalue weighted by Gasteiger charge is -2.35. The molecule has 0 aliphatic heterocycles. The van der Waals surface area contributed by atoms with Crippen LogP contribution in [0.1, 0.15) is 43.2 Å². The predicted octanol–water partition coefficient (Wildman–Crippen LogP) is 5.96. The maximum atomic E-state index is 14.2. The van der Waals surface area contributed by atoms with Gasteiger partial charge in [0.25, 0.3) is 0 Å². The molecule has 0 unspecified atom stereocenters. The second-order valence-electron chi connectivity index (χ2n) is 10.4. The van der Waals surface area contributed by atoms with E-state index in [1.54, 1.807) is 18.2 Å². The number of anilines is 1.